The summed E-state index contributed by atoms with van der Waals surface area (Å²) in [6.07, 6.45) is 4.28. The van der Waals surface area contributed by atoms with Crippen LogP contribution in [0.2, 0.25) is 0 Å². The SMILES string of the molecule is CCCC(=O)[S-].CCCC(=O)[S-].CCCC(=O)[S-].[Al+3]. The van der Waals surface area contributed by atoms with Crippen molar-refractivity contribution in [3.63, 3.8) is 0 Å². The molecule has 0 N–H and O–H groups in total. The maximum atomic E-state index is 9.86. The van der Waals surface area contributed by atoms with E-state index in [2.05, 4.69) is 37.9 Å². The molecule has 0 spiro atoms. The van der Waals surface area contributed by atoms with E-state index in [0.29, 0.717) is 19.3 Å². The van der Waals surface area contributed by atoms with Gasteiger partial charge in [-0.1, -0.05) is 40.0 Å². The van der Waals surface area contributed by atoms with Crippen LogP contribution in [0.25, 0.3) is 0 Å². The van der Waals surface area contributed by atoms with Gasteiger partial charge in [-0.25, -0.2) is 0 Å². The molecule has 0 fully saturated rings. The van der Waals surface area contributed by atoms with Crippen LogP contribution in [0.5, 0.6) is 0 Å². The number of carbonyl (C=O) groups is 3. The van der Waals surface area contributed by atoms with E-state index in [0.717, 1.165) is 19.3 Å². The minimum absolute atomic E-state index is 0. The van der Waals surface area contributed by atoms with Crippen molar-refractivity contribution in [1.29, 1.82) is 0 Å². The summed E-state index contributed by atoms with van der Waals surface area (Å²) in [5, 5.41) is -0.382. The van der Waals surface area contributed by atoms with Crippen molar-refractivity contribution in [3.05, 3.63) is 0 Å². The minimum Gasteiger partial charge on any atom is -0.742 e. The van der Waals surface area contributed by atoms with Gasteiger partial charge in [-0.05, 0) is 19.3 Å². The fourth-order valence-electron chi connectivity index (χ4n) is 0.612. The Morgan fingerprint density at radius 3 is 0.789 bits per heavy atom. The first-order valence-electron chi connectivity index (χ1n) is 5.91. The summed E-state index contributed by atoms with van der Waals surface area (Å²) in [6.45, 7) is 5.80. The topological polar surface area (TPSA) is 51.2 Å². The molecule has 19 heavy (non-hydrogen) atoms. The van der Waals surface area contributed by atoms with Crippen LogP contribution in [0.4, 0.5) is 0 Å². The van der Waals surface area contributed by atoms with Crippen LogP contribution in [0.3, 0.4) is 0 Å². The third-order valence-electron chi connectivity index (χ3n) is 1.36. The normalized spacial score (nSPS) is 7.74. The van der Waals surface area contributed by atoms with Gasteiger partial charge in [-0.2, -0.15) is 0 Å². The van der Waals surface area contributed by atoms with E-state index >= 15 is 0 Å². The molecule has 0 heterocycles. The predicted octanol–water partition coefficient (Wildman–Crippen LogP) is 2.20. The molecule has 0 aromatic heterocycles. The third-order valence-corrected chi connectivity index (χ3v) is 1.97. The zero-order valence-corrected chi connectivity index (χ0v) is 15.4. The monoisotopic (exact) mass is 336 g/mol. The molecule has 0 bridgehead atoms. The quantitative estimate of drug-likeness (QED) is 0.547. The maximum absolute atomic E-state index is 9.86. The number of rotatable bonds is 6. The first-order chi connectivity index (χ1) is 8.31. The van der Waals surface area contributed by atoms with Crippen LogP contribution in [0, 0.1) is 0 Å². The average Bonchev–Trinajstić information content (AvgIpc) is 2.18. The van der Waals surface area contributed by atoms with Gasteiger partial charge in [0.2, 0.25) is 0 Å². The molecule has 0 saturated heterocycles. The summed E-state index contributed by atoms with van der Waals surface area (Å²) in [6, 6.07) is 0. The zero-order valence-electron chi connectivity index (χ0n) is 11.8. The smallest absolute Gasteiger partial charge is 0.742 e. The van der Waals surface area contributed by atoms with Gasteiger partial charge in [0.15, 0.2) is 0 Å². The van der Waals surface area contributed by atoms with Gasteiger partial charge < -0.3 is 52.3 Å². The Bertz CT molecular complexity index is 198. The standard InChI is InChI=1S/3C4H8OS.Al/c3*1-2-3-4(5)6;/h3*2-3H2,1H3,(H,5,6);/q;;;+3/p-3. The Morgan fingerprint density at radius 2 is 0.789 bits per heavy atom. The van der Waals surface area contributed by atoms with E-state index in [4.69, 9.17) is 0 Å². The van der Waals surface area contributed by atoms with E-state index in [1.165, 1.54) is 0 Å². The number of hydrogen-bond donors (Lipinski definition) is 0. The van der Waals surface area contributed by atoms with Crippen LogP contribution in [0.1, 0.15) is 59.3 Å². The molecule has 108 valence electrons. The molecule has 0 atom stereocenters. The summed E-state index contributed by atoms with van der Waals surface area (Å²) >= 11 is 12.7. The molecule has 0 aromatic carbocycles. The van der Waals surface area contributed by atoms with Gasteiger partial charge >= 0.3 is 17.4 Å². The minimum atomic E-state index is -0.127. The molecule has 0 unspecified atom stereocenters. The van der Waals surface area contributed by atoms with Crippen LogP contribution in [-0.4, -0.2) is 32.7 Å². The van der Waals surface area contributed by atoms with Gasteiger partial charge in [0.1, 0.15) is 0 Å². The van der Waals surface area contributed by atoms with Crippen molar-refractivity contribution < 1.29 is 14.4 Å². The summed E-state index contributed by atoms with van der Waals surface area (Å²) < 4.78 is 0. The van der Waals surface area contributed by atoms with Crippen LogP contribution >= 0.6 is 0 Å². The Balaban J connectivity index is -0.0000000865. The Hall–Kier alpha value is 0.202. The van der Waals surface area contributed by atoms with Crippen molar-refractivity contribution in [2.45, 2.75) is 59.3 Å². The Labute approximate surface area is 144 Å². The zero-order chi connectivity index (χ0) is 15.0. The fourth-order valence-corrected chi connectivity index (χ4v) is 1.22. The van der Waals surface area contributed by atoms with E-state index in [1.54, 1.807) is 0 Å². The van der Waals surface area contributed by atoms with E-state index < -0.39 is 0 Å². The third kappa shape index (κ3) is 56.4. The van der Waals surface area contributed by atoms with Crippen LogP contribution in [0.15, 0.2) is 0 Å². The second-order valence-electron chi connectivity index (χ2n) is 3.37. The largest absolute Gasteiger partial charge is 3.00 e. The fraction of sp³-hybridized carbons (Fsp3) is 0.750. The average molecular weight is 336 g/mol. The molecule has 0 aliphatic carbocycles. The summed E-state index contributed by atoms with van der Waals surface area (Å²) in [5.74, 6) is 0. The first kappa shape index (κ1) is 27.5. The summed E-state index contributed by atoms with van der Waals surface area (Å²) in [4.78, 5) is 29.6. The van der Waals surface area contributed by atoms with Gasteiger partial charge in [-0.15, -0.1) is 0 Å². The Morgan fingerprint density at radius 1 is 0.632 bits per heavy atom. The maximum Gasteiger partial charge on any atom is 3.00 e. The molecular weight excluding hydrogens is 315 g/mol. The van der Waals surface area contributed by atoms with Crippen LogP contribution < -0.4 is 0 Å². The van der Waals surface area contributed by atoms with E-state index in [9.17, 15) is 14.4 Å². The molecule has 0 saturated carbocycles. The van der Waals surface area contributed by atoms with Gasteiger partial charge in [0.25, 0.3) is 0 Å². The van der Waals surface area contributed by atoms with Gasteiger partial charge in [0.05, 0.1) is 0 Å². The summed E-state index contributed by atoms with van der Waals surface area (Å²) in [7, 11) is 0. The van der Waals surface area contributed by atoms with Crippen molar-refractivity contribution in [2.24, 2.45) is 0 Å². The molecule has 0 rings (SSSR count). The number of hydrogen-bond acceptors (Lipinski definition) is 6. The van der Waals surface area contributed by atoms with E-state index in [-0.39, 0.29) is 32.7 Å². The second-order valence-corrected chi connectivity index (χ2v) is 4.73. The molecule has 0 radical (unpaired) electrons. The van der Waals surface area contributed by atoms with Crippen molar-refractivity contribution in [2.75, 3.05) is 0 Å². The van der Waals surface area contributed by atoms with E-state index in [1.807, 2.05) is 20.8 Å². The van der Waals surface area contributed by atoms with Gasteiger partial charge in [-0.3, -0.25) is 0 Å². The molecule has 0 aromatic rings. The molecule has 3 nitrogen and oxygen atoms in total. The van der Waals surface area contributed by atoms with Crippen molar-refractivity contribution in [3.8, 4) is 0 Å². The Kier molecular flexibility index (Phi) is 33.8. The van der Waals surface area contributed by atoms with Gasteiger partial charge in [0, 0.05) is 15.3 Å². The first-order valence-corrected chi connectivity index (χ1v) is 7.13. The van der Waals surface area contributed by atoms with Crippen molar-refractivity contribution >= 4 is 70.6 Å². The predicted molar refractivity (Wildman–Crippen MR) is 87.6 cm³/mol. The van der Waals surface area contributed by atoms with Crippen molar-refractivity contribution in [1.82, 2.24) is 0 Å². The summed E-state index contributed by atoms with van der Waals surface area (Å²) in [5.41, 5.74) is 0. The molecule has 0 aliphatic rings. The number of carbonyl (C=O) groups excluding carboxylic acids is 3. The molecular formula is C12H21AlO3S3. The molecule has 0 amide bonds. The van der Waals surface area contributed by atoms with Crippen LogP contribution in [-0.2, 0) is 52.3 Å². The second kappa shape index (κ2) is 23.3. The molecule has 7 heteroatoms. The molecule has 0 aliphatic heterocycles.